The molecule has 1 aromatic heterocycles. The fourth-order valence-corrected chi connectivity index (χ4v) is 2.82. The molecule has 2 heterocycles. The van der Waals surface area contributed by atoms with Crippen LogP contribution in [0.5, 0.6) is 0 Å². The normalized spacial score (nSPS) is 15.6. The Morgan fingerprint density at radius 2 is 1.76 bits per heavy atom. The molecule has 0 saturated carbocycles. The van der Waals surface area contributed by atoms with Gasteiger partial charge in [-0.1, -0.05) is 0 Å². The summed E-state index contributed by atoms with van der Waals surface area (Å²) in [4.78, 5) is 32.1. The quantitative estimate of drug-likeness (QED) is 0.445. The number of amides is 2. The lowest BCUT2D eigenvalue weighted by molar-refractivity contribution is 0.0608. The van der Waals surface area contributed by atoms with Crippen molar-refractivity contribution in [3.05, 3.63) is 29.1 Å². The third-order valence-corrected chi connectivity index (χ3v) is 4.31. The molecule has 0 aliphatic carbocycles. The van der Waals surface area contributed by atoms with E-state index in [1.165, 1.54) is 12.1 Å². The van der Waals surface area contributed by atoms with Crippen LogP contribution in [0.4, 0.5) is 0 Å². The topological polar surface area (TPSA) is 140 Å². The number of aliphatic hydroxyl groups is 3. The fourth-order valence-electron chi connectivity index (χ4n) is 2.82. The molecule has 138 valence electrons. The van der Waals surface area contributed by atoms with Crippen LogP contribution < -0.4 is 5.73 Å². The second kappa shape index (κ2) is 8.86. The lowest BCUT2D eigenvalue weighted by Gasteiger charge is -2.34. The molecule has 0 bridgehead atoms. The number of nitrogens with two attached hydrogens (primary N) is 1. The van der Waals surface area contributed by atoms with Gasteiger partial charge in [-0.2, -0.15) is 0 Å². The summed E-state index contributed by atoms with van der Waals surface area (Å²) < 4.78 is 0. The van der Waals surface area contributed by atoms with E-state index < -0.39 is 25.0 Å². The number of primary amides is 1. The number of β-amino-alcohol motifs (C(OH)–C–C–N with tert-alkyl or cyclic N) is 1. The number of carbonyl (C=O) groups is 2. The molecule has 1 aliphatic rings. The Hall–Kier alpha value is -2.07. The molecule has 9 nitrogen and oxygen atoms in total. The van der Waals surface area contributed by atoms with Gasteiger partial charge in [0, 0.05) is 38.6 Å². The fraction of sp³-hybridized carbons (Fsp3) is 0.562. The largest absolute Gasteiger partial charge is 0.396 e. The maximum absolute atomic E-state index is 12.7. The number of nitrogens with zero attached hydrogens (tertiary/aromatic N) is 3. The van der Waals surface area contributed by atoms with Crippen molar-refractivity contribution in [2.45, 2.75) is 5.92 Å². The summed E-state index contributed by atoms with van der Waals surface area (Å²) in [5.41, 5.74) is 5.66. The molecule has 9 heteroatoms. The predicted octanol–water partition coefficient (Wildman–Crippen LogP) is -2.00. The van der Waals surface area contributed by atoms with E-state index in [0.29, 0.717) is 32.7 Å². The molecule has 1 fully saturated rings. The van der Waals surface area contributed by atoms with Crippen LogP contribution in [-0.4, -0.2) is 94.5 Å². The van der Waals surface area contributed by atoms with E-state index in [1.54, 1.807) is 4.90 Å². The van der Waals surface area contributed by atoms with Crippen LogP contribution in [0, 0.1) is 0 Å². The monoisotopic (exact) mass is 352 g/mol. The second-order valence-electron chi connectivity index (χ2n) is 5.91. The first kappa shape index (κ1) is 19.3. The molecule has 1 aromatic rings. The smallest absolute Gasteiger partial charge is 0.272 e. The van der Waals surface area contributed by atoms with Gasteiger partial charge in [0.1, 0.15) is 5.69 Å². The van der Waals surface area contributed by atoms with Gasteiger partial charge in [0.25, 0.3) is 11.8 Å². The van der Waals surface area contributed by atoms with E-state index in [-0.39, 0.29) is 29.5 Å². The highest BCUT2D eigenvalue weighted by molar-refractivity contribution is 5.96. The molecule has 0 aromatic carbocycles. The minimum absolute atomic E-state index is 0.0805. The van der Waals surface area contributed by atoms with Crippen LogP contribution in [0.15, 0.2) is 12.1 Å². The zero-order valence-electron chi connectivity index (χ0n) is 14.0. The summed E-state index contributed by atoms with van der Waals surface area (Å²) in [5.74, 6) is -1.79. The minimum atomic E-state index is -0.781. The van der Waals surface area contributed by atoms with Crippen LogP contribution in [0.1, 0.15) is 32.5 Å². The van der Waals surface area contributed by atoms with E-state index in [2.05, 4.69) is 9.88 Å². The van der Waals surface area contributed by atoms with Gasteiger partial charge in [-0.15, -0.1) is 0 Å². The molecule has 0 atom stereocenters. The van der Waals surface area contributed by atoms with E-state index in [0.717, 1.165) is 0 Å². The molecule has 2 amide bonds. The number of hydrogen-bond acceptors (Lipinski definition) is 7. The summed E-state index contributed by atoms with van der Waals surface area (Å²) >= 11 is 0. The van der Waals surface area contributed by atoms with Gasteiger partial charge in [0.2, 0.25) is 0 Å². The zero-order valence-corrected chi connectivity index (χ0v) is 14.0. The molecule has 5 N–H and O–H groups in total. The van der Waals surface area contributed by atoms with Crippen molar-refractivity contribution in [3.8, 4) is 0 Å². The summed E-state index contributed by atoms with van der Waals surface area (Å²) in [5, 5.41) is 27.7. The van der Waals surface area contributed by atoms with Gasteiger partial charge in [-0.05, 0) is 12.1 Å². The van der Waals surface area contributed by atoms with Crippen molar-refractivity contribution in [2.75, 3.05) is 52.5 Å². The average molecular weight is 352 g/mol. The Kier molecular flexibility index (Phi) is 6.82. The maximum Gasteiger partial charge on any atom is 0.272 e. The van der Waals surface area contributed by atoms with E-state index in [4.69, 9.17) is 10.8 Å². The van der Waals surface area contributed by atoms with Gasteiger partial charge < -0.3 is 26.0 Å². The van der Waals surface area contributed by atoms with E-state index in [9.17, 15) is 19.8 Å². The Balaban J connectivity index is 2.20. The molecule has 1 aliphatic heterocycles. The summed E-state index contributed by atoms with van der Waals surface area (Å²) in [6.45, 7) is 2.17. The van der Waals surface area contributed by atoms with Gasteiger partial charge in [-0.3, -0.25) is 14.5 Å². The van der Waals surface area contributed by atoms with Crippen molar-refractivity contribution in [1.82, 2.24) is 14.8 Å². The third-order valence-electron chi connectivity index (χ3n) is 4.31. The molecule has 25 heavy (non-hydrogen) atoms. The first-order chi connectivity index (χ1) is 12.0. The first-order valence-corrected chi connectivity index (χ1v) is 8.16. The second-order valence-corrected chi connectivity index (χ2v) is 5.91. The van der Waals surface area contributed by atoms with Crippen molar-refractivity contribution in [2.24, 2.45) is 5.73 Å². The van der Waals surface area contributed by atoms with Gasteiger partial charge >= 0.3 is 0 Å². The van der Waals surface area contributed by atoms with Gasteiger partial charge in [0.05, 0.1) is 31.1 Å². The zero-order chi connectivity index (χ0) is 18.4. The van der Waals surface area contributed by atoms with Crippen molar-refractivity contribution < 1.29 is 24.9 Å². The molecular weight excluding hydrogens is 328 g/mol. The van der Waals surface area contributed by atoms with Crippen LogP contribution >= 0.6 is 0 Å². The Morgan fingerprint density at radius 1 is 1.12 bits per heavy atom. The molecule has 0 radical (unpaired) electrons. The first-order valence-electron chi connectivity index (χ1n) is 8.16. The summed E-state index contributed by atoms with van der Waals surface area (Å²) in [7, 11) is 0. The highest BCUT2D eigenvalue weighted by Crippen LogP contribution is 2.19. The molecule has 0 spiro atoms. The lowest BCUT2D eigenvalue weighted by atomic mass is 10.0. The van der Waals surface area contributed by atoms with Crippen LogP contribution in [0.2, 0.25) is 0 Å². The van der Waals surface area contributed by atoms with E-state index >= 15 is 0 Å². The SMILES string of the molecule is NC(=O)c1ccc(C(=O)N2CCN(CCO)CC2)nc1C(CO)CO. The molecular formula is C16H24N4O5. The minimum Gasteiger partial charge on any atom is -0.396 e. The Bertz CT molecular complexity index is 613. The van der Waals surface area contributed by atoms with Crippen molar-refractivity contribution in [3.63, 3.8) is 0 Å². The average Bonchev–Trinajstić information content (AvgIpc) is 2.63. The molecule has 1 saturated heterocycles. The standard InChI is InChI=1S/C16H24N4O5/c17-15(24)12-1-2-13(18-14(12)11(9-22)10-23)16(25)20-5-3-19(4-6-20)7-8-21/h1-2,11,21-23H,3-10H2,(H2,17,24). The Morgan fingerprint density at radius 3 is 2.28 bits per heavy atom. The number of carbonyl (C=O) groups excluding carboxylic acids is 2. The third kappa shape index (κ3) is 4.51. The highest BCUT2D eigenvalue weighted by Gasteiger charge is 2.25. The van der Waals surface area contributed by atoms with Crippen LogP contribution in [0.25, 0.3) is 0 Å². The summed E-state index contributed by atoms with van der Waals surface area (Å²) in [6.07, 6.45) is 0. The number of aromatic nitrogens is 1. The number of aliphatic hydroxyl groups excluding tert-OH is 3. The number of pyridine rings is 1. The maximum atomic E-state index is 12.7. The van der Waals surface area contributed by atoms with Gasteiger partial charge in [-0.25, -0.2) is 4.98 Å². The van der Waals surface area contributed by atoms with Gasteiger partial charge in [0.15, 0.2) is 0 Å². The summed E-state index contributed by atoms with van der Waals surface area (Å²) in [6, 6.07) is 2.83. The van der Waals surface area contributed by atoms with E-state index in [1.807, 2.05) is 0 Å². The molecule has 2 rings (SSSR count). The van der Waals surface area contributed by atoms with Crippen LogP contribution in [-0.2, 0) is 0 Å². The predicted molar refractivity (Wildman–Crippen MR) is 89.1 cm³/mol. The number of piperazine rings is 1. The van der Waals surface area contributed by atoms with Crippen molar-refractivity contribution >= 4 is 11.8 Å². The van der Waals surface area contributed by atoms with Crippen molar-refractivity contribution in [1.29, 1.82) is 0 Å². The number of hydrogen-bond donors (Lipinski definition) is 4. The highest BCUT2D eigenvalue weighted by atomic mass is 16.3. The number of rotatable bonds is 7. The van der Waals surface area contributed by atoms with Crippen LogP contribution in [0.3, 0.4) is 0 Å². The lowest BCUT2D eigenvalue weighted by Crippen LogP contribution is -2.49. The molecule has 0 unspecified atom stereocenters. The Labute approximate surface area is 145 Å².